The summed E-state index contributed by atoms with van der Waals surface area (Å²) in [5.74, 6) is 0. The lowest BCUT2D eigenvalue weighted by atomic mass is 10.2. The number of rotatable bonds is 0. The quantitative estimate of drug-likeness (QED) is 0.425. The molecule has 0 aromatic carbocycles. The highest BCUT2D eigenvalue weighted by Gasteiger charge is 2.41. The summed E-state index contributed by atoms with van der Waals surface area (Å²) in [6.07, 6.45) is 6.40. The molecule has 7 heavy (non-hydrogen) atoms. The van der Waals surface area contributed by atoms with Crippen molar-refractivity contribution in [2.75, 3.05) is 0 Å². The molecule has 2 aliphatic rings. The normalized spacial score (nSPS) is 29.7. The predicted octanol–water partition coefficient (Wildman–Crippen LogP) is 0.837. The lowest BCUT2D eigenvalue weighted by molar-refractivity contribution is 1.07. The molecule has 0 amide bonds. The van der Waals surface area contributed by atoms with Gasteiger partial charge in [0.05, 0.1) is 0 Å². The van der Waals surface area contributed by atoms with Crippen LogP contribution >= 0.6 is 0 Å². The van der Waals surface area contributed by atoms with Gasteiger partial charge in [0.1, 0.15) is 0 Å². The molecule has 0 bridgehead atoms. The van der Waals surface area contributed by atoms with E-state index in [4.69, 9.17) is 0 Å². The van der Waals surface area contributed by atoms with Crippen molar-refractivity contribution in [1.29, 1.82) is 0 Å². The molecule has 2 nitrogen and oxygen atoms in total. The maximum atomic E-state index is 3.74. The largest absolute Gasteiger partial charge is 0.163 e. The summed E-state index contributed by atoms with van der Waals surface area (Å²) in [6.45, 7) is 0. The van der Waals surface area contributed by atoms with Crippen molar-refractivity contribution in [3.63, 3.8) is 0 Å². The van der Waals surface area contributed by atoms with E-state index in [1.54, 1.807) is 0 Å². The van der Waals surface area contributed by atoms with Gasteiger partial charge in [0.25, 0.3) is 0 Å². The molecule has 0 aromatic heterocycles. The first-order valence-electron chi connectivity index (χ1n) is 2.50. The molecule has 1 fully saturated rings. The average molecular weight is 94.1 g/mol. The van der Waals surface area contributed by atoms with Crippen molar-refractivity contribution in [2.45, 2.75) is 12.8 Å². The lowest BCUT2D eigenvalue weighted by Gasteiger charge is -1.84. The average Bonchev–Trinajstić information content (AvgIpc) is 2.15. The van der Waals surface area contributed by atoms with E-state index in [1.807, 2.05) is 12.4 Å². The third-order valence-corrected chi connectivity index (χ3v) is 1.52. The second kappa shape index (κ2) is 0.782. The second-order valence-corrected chi connectivity index (χ2v) is 2.22. The summed E-state index contributed by atoms with van der Waals surface area (Å²) < 4.78 is 0. The van der Waals surface area contributed by atoms with Crippen molar-refractivity contribution in [2.24, 2.45) is 15.6 Å². The van der Waals surface area contributed by atoms with Crippen LogP contribution in [0.5, 0.6) is 0 Å². The van der Waals surface area contributed by atoms with Gasteiger partial charge in [-0.2, -0.15) is 10.2 Å². The molecule has 1 aliphatic carbocycles. The molecular formula is C5H6N2. The van der Waals surface area contributed by atoms with Gasteiger partial charge < -0.3 is 0 Å². The zero-order valence-electron chi connectivity index (χ0n) is 3.96. The smallest absolute Gasteiger partial charge is 0.0447 e. The van der Waals surface area contributed by atoms with E-state index in [-0.39, 0.29) is 0 Å². The van der Waals surface area contributed by atoms with Gasteiger partial charge in [-0.1, -0.05) is 0 Å². The third kappa shape index (κ3) is 0.335. The Balaban J connectivity index is 2.38. The van der Waals surface area contributed by atoms with Crippen LogP contribution in [0.2, 0.25) is 0 Å². The van der Waals surface area contributed by atoms with Gasteiger partial charge in [0.15, 0.2) is 0 Å². The monoisotopic (exact) mass is 94.1 g/mol. The van der Waals surface area contributed by atoms with E-state index in [2.05, 4.69) is 10.2 Å². The molecule has 1 spiro atoms. The SMILES string of the molecule is C1=NN=CC12CC2. The van der Waals surface area contributed by atoms with E-state index in [1.165, 1.54) is 12.8 Å². The van der Waals surface area contributed by atoms with Gasteiger partial charge in [-0.3, -0.25) is 0 Å². The van der Waals surface area contributed by atoms with Gasteiger partial charge in [-0.15, -0.1) is 0 Å². The van der Waals surface area contributed by atoms with Crippen LogP contribution in [0.4, 0.5) is 0 Å². The van der Waals surface area contributed by atoms with Crippen molar-refractivity contribution < 1.29 is 0 Å². The molecule has 0 unspecified atom stereocenters. The Bertz CT molecular complexity index is 128. The summed E-state index contributed by atoms with van der Waals surface area (Å²) in [7, 11) is 0. The highest BCUT2D eigenvalue weighted by atomic mass is 15.2. The topological polar surface area (TPSA) is 24.7 Å². The molecule has 0 radical (unpaired) electrons. The van der Waals surface area contributed by atoms with E-state index in [0.29, 0.717) is 5.41 Å². The molecule has 0 aromatic rings. The van der Waals surface area contributed by atoms with Crippen molar-refractivity contribution in [3.05, 3.63) is 0 Å². The lowest BCUT2D eigenvalue weighted by Crippen LogP contribution is -1.96. The van der Waals surface area contributed by atoms with Crippen LogP contribution in [-0.2, 0) is 0 Å². The third-order valence-electron chi connectivity index (χ3n) is 1.52. The Hall–Kier alpha value is -0.660. The Morgan fingerprint density at radius 3 is 2.00 bits per heavy atom. The first kappa shape index (κ1) is 3.36. The van der Waals surface area contributed by atoms with Gasteiger partial charge in [-0.05, 0) is 12.8 Å². The molecule has 36 valence electrons. The summed E-state index contributed by atoms with van der Waals surface area (Å²) in [5.41, 5.74) is 0.361. The van der Waals surface area contributed by atoms with Crippen LogP contribution in [-0.4, -0.2) is 12.4 Å². The minimum absolute atomic E-state index is 0.361. The molecule has 1 heterocycles. The number of hydrogen-bond acceptors (Lipinski definition) is 2. The van der Waals surface area contributed by atoms with Gasteiger partial charge in [0, 0.05) is 17.8 Å². The van der Waals surface area contributed by atoms with Crippen LogP contribution in [0.25, 0.3) is 0 Å². The molecule has 2 rings (SSSR count). The van der Waals surface area contributed by atoms with Crippen molar-refractivity contribution in [1.82, 2.24) is 0 Å². The Labute approximate surface area is 41.9 Å². The second-order valence-electron chi connectivity index (χ2n) is 2.22. The minimum Gasteiger partial charge on any atom is -0.163 e. The van der Waals surface area contributed by atoms with Crippen LogP contribution in [0.15, 0.2) is 10.2 Å². The van der Waals surface area contributed by atoms with E-state index in [0.717, 1.165) is 0 Å². The van der Waals surface area contributed by atoms with Crippen LogP contribution in [0.3, 0.4) is 0 Å². The predicted molar refractivity (Wildman–Crippen MR) is 28.7 cm³/mol. The first-order valence-corrected chi connectivity index (χ1v) is 2.50. The number of nitrogens with zero attached hydrogens (tertiary/aromatic N) is 2. The maximum Gasteiger partial charge on any atom is 0.0447 e. The van der Waals surface area contributed by atoms with Crippen molar-refractivity contribution in [3.8, 4) is 0 Å². The van der Waals surface area contributed by atoms with Gasteiger partial charge in [-0.25, -0.2) is 0 Å². The molecular weight excluding hydrogens is 88.1 g/mol. The fourth-order valence-corrected chi connectivity index (χ4v) is 0.733. The summed E-state index contributed by atoms with van der Waals surface area (Å²) in [6, 6.07) is 0. The highest BCUT2D eigenvalue weighted by molar-refractivity contribution is 5.95. The minimum atomic E-state index is 0.361. The van der Waals surface area contributed by atoms with Gasteiger partial charge in [0.2, 0.25) is 0 Å². The molecule has 0 N–H and O–H groups in total. The summed E-state index contributed by atoms with van der Waals surface area (Å²) in [5, 5.41) is 7.49. The number of hydrogen-bond donors (Lipinski definition) is 0. The van der Waals surface area contributed by atoms with Crippen LogP contribution < -0.4 is 0 Å². The molecule has 1 aliphatic heterocycles. The first-order chi connectivity index (χ1) is 3.41. The fourth-order valence-electron chi connectivity index (χ4n) is 0.733. The zero-order valence-corrected chi connectivity index (χ0v) is 3.96. The van der Waals surface area contributed by atoms with Gasteiger partial charge >= 0.3 is 0 Å². The molecule has 0 atom stereocenters. The van der Waals surface area contributed by atoms with Crippen molar-refractivity contribution >= 4 is 12.4 Å². The Morgan fingerprint density at radius 2 is 1.71 bits per heavy atom. The highest BCUT2D eigenvalue weighted by Crippen LogP contribution is 2.43. The maximum absolute atomic E-state index is 3.74. The van der Waals surface area contributed by atoms with E-state index in [9.17, 15) is 0 Å². The van der Waals surface area contributed by atoms with Crippen LogP contribution in [0, 0.1) is 5.41 Å². The fraction of sp³-hybridized carbons (Fsp3) is 0.600. The zero-order chi connectivity index (χ0) is 4.74. The Morgan fingerprint density at radius 1 is 1.14 bits per heavy atom. The van der Waals surface area contributed by atoms with E-state index < -0.39 is 0 Å². The summed E-state index contributed by atoms with van der Waals surface area (Å²) >= 11 is 0. The standard InChI is InChI=1S/C5H6N2/c1-2-5(1)3-6-7-4-5/h3-4H,1-2H2. The Kier molecular flexibility index (Phi) is 0.375. The molecule has 2 heteroatoms. The van der Waals surface area contributed by atoms with Crippen LogP contribution in [0.1, 0.15) is 12.8 Å². The molecule has 0 saturated heterocycles. The van der Waals surface area contributed by atoms with E-state index >= 15 is 0 Å². The summed E-state index contributed by atoms with van der Waals surface area (Å²) in [4.78, 5) is 0. The molecule has 1 saturated carbocycles.